The van der Waals surface area contributed by atoms with Crippen molar-refractivity contribution in [2.75, 3.05) is 6.61 Å². The molecule has 6 aromatic carbocycles. The Morgan fingerprint density at radius 2 is 1.02 bits per heavy atom. The fourth-order valence-electron chi connectivity index (χ4n) is 7.76. The first-order valence-electron chi connectivity index (χ1n) is 18.2. The van der Waals surface area contributed by atoms with Gasteiger partial charge in [0.15, 0.2) is 34.6 Å². The number of aromatic carboxylic acids is 1. The van der Waals surface area contributed by atoms with Gasteiger partial charge in [-0.05, 0) is 19.1 Å². The second kappa shape index (κ2) is 14.5. The van der Waals surface area contributed by atoms with Crippen molar-refractivity contribution in [1.29, 1.82) is 0 Å². The van der Waals surface area contributed by atoms with Gasteiger partial charge in [-0.2, -0.15) is 25.6 Å². The summed E-state index contributed by atoms with van der Waals surface area (Å²) in [4.78, 5) is 48.5. The number of halogens is 4. The van der Waals surface area contributed by atoms with Gasteiger partial charge in [0, 0.05) is 46.1 Å². The van der Waals surface area contributed by atoms with Crippen LogP contribution in [0.15, 0.2) is 105 Å². The number of hydrogen-bond donors (Lipinski definition) is 3. The Balaban J connectivity index is 0.000000162. The Labute approximate surface area is 353 Å². The molecule has 0 fully saturated rings. The molecule has 0 bridgehead atoms. The molecule has 2 aliphatic rings. The Kier molecular flexibility index (Phi) is 9.41. The van der Waals surface area contributed by atoms with Crippen molar-refractivity contribution < 1.29 is 72.4 Å². The minimum absolute atomic E-state index is 0.0281. The molecule has 0 spiro atoms. The maximum Gasteiger partial charge on any atom is 0.343 e. The van der Waals surface area contributed by atoms with E-state index in [4.69, 9.17) is 14.2 Å². The number of pyridine rings is 2. The third kappa shape index (κ3) is 6.25. The molecule has 0 unspecified atom stereocenters. The third-order valence-corrected chi connectivity index (χ3v) is 12.1. The molecule has 0 aliphatic carbocycles. The van der Waals surface area contributed by atoms with Crippen LogP contribution in [0.4, 0.5) is 17.6 Å². The molecule has 324 valence electrons. The van der Waals surface area contributed by atoms with Crippen LogP contribution in [0, 0.1) is 23.3 Å². The SMILES string of the molecule is CCOC(=O)c1cn2c3c(c(F)c(F)cc3c1=O)Oc1cc(S(=O)(=O)O)c3ccccc3c1-2.O=C(O)c1cn2c3c(c(F)c(F)cc3c1=O)Oc1cc(S(=O)(=O)O)c3ccccc3c1-2. The van der Waals surface area contributed by atoms with Crippen LogP contribution in [0.25, 0.3) is 54.7 Å². The van der Waals surface area contributed by atoms with E-state index in [2.05, 4.69) is 0 Å². The van der Waals surface area contributed by atoms with E-state index in [9.17, 15) is 67.8 Å². The lowest BCUT2D eigenvalue weighted by Gasteiger charge is -2.26. The van der Waals surface area contributed by atoms with Crippen molar-refractivity contribution in [2.24, 2.45) is 0 Å². The number of carbonyl (C=O) groups excluding carboxylic acids is 1. The molecule has 2 aliphatic heterocycles. The largest absolute Gasteiger partial charge is 0.477 e. The van der Waals surface area contributed by atoms with Gasteiger partial charge in [-0.1, -0.05) is 48.5 Å². The number of ether oxygens (including phenoxy) is 3. The molecule has 22 heteroatoms. The van der Waals surface area contributed by atoms with E-state index in [1.807, 2.05) is 0 Å². The number of carboxylic acids is 1. The highest BCUT2D eigenvalue weighted by molar-refractivity contribution is 7.86. The van der Waals surface area contributed by atoms with E-state index in [1.165, 1.54) is 34.9 Å². The van der Waals surface area contributed by atoms with Gasteiger partial charge in [0.25, 0.3) is 20.2 Å². The number of fused-ring (bicyclic) bond motifs is 8. The summed E-state index contributed by atoms with van der Waals surface area (Å²) in [7, 11) is -9.47. The topological polar surface area (TPSA) is 235 Å². The number of rotatable bonds is 5. The van der Waals surface area contributed by atoms with Crippen LogP contribution in [0.2, 0.25) is 0 Å². The zero-order valence-electron chi connectivity index (χ0n) is 31.8. The molecule has 64 heavy (non-hydrogen) atoms. The summed E-state index contributed by atoms with van der Waals surface area (Å²) in [6, 6.07) is 15.2. The smallest absolute Gasteiger partial charge is 0.343 e. The average Bonchev–Trinajstić information content (AvgIpc) is 3.24. The Morgan fingerprint density at radius 1 is 0.625 bits per heavy atom. The summed E-state index contributed by atoms with van der Waals surface area (Å²) in [6.45, 7) is 1.51. The molecule has 10 rings (SSSR count). The predicted octanol–water partition coefficient (Wildman–Crippen LogP) is 7.42. The molecule has 8 aromatic rings. The van der Waals surface area contributed by atoms with Crippen molar-refractivity contribution in [3.05, 3.63) is 140 Å². The van der Waals surface area contributed by atoms with Crippen LogP contribution in [-0.2, 0) is 25.0 Å². The molecule has 16 nitrogen and oxygen atoms in total. The van der Waals surface area contributed by atoms with Crippen molar-refractivity contribution in [3.8, 4) is 34.4 Å². The fourth-order valence-corrected chi connectivity index (χ4v) is 9.18. The van der Waals surface area contributed by atoms with E-state index in [1.54, 1.807) is 25.1 Å². The molecular weight excluding hydrogens is 897 g/mol. The minimum atomic E-state index is -4.74. The standard InChI is InChI=1S/C22H13F2NO7S.C20H9F2NO7S/c1-2-31-22(27)13-9-25-18-11-6-4-3-5-10(11)16(33(28,29)30)8-15(18)32-21-17(24)14(23)7-12(19(21)25)20(13)26;21-12-5-10-17-19(15(12)22)30-13-6-14(31(27,28)29)8-3-1-2-4-9(8)16(13)23(17)7-11(18(10)24)20(25)26/h3-9H,2H2,1H3,(H,28,29,30);1-7H,(H,25,26)(H,27,28,29). The molecule has 0 radical (unpaired) electrons. The first-order chi connectivity index (χ1) is 30.2. The van der Waals surface area contributed by atoms with E-state index in [0.29, 0.717) is 12.1 Å². The molecule has 0 saturated carbocycles. The van der Waals surface area contributed by atoms with E-state index >= 15 is 0 Å². The molecule has 2 aromatic heterocycles. The quantitative estimate of drug-likeness (QED) is 0.0866. The van der Waals surface area contributed by atoms with Gasteiger partial charge >= 0.3 is 11.9 Å². The van der Waals surface area contributed by atoms with Crippen molar-refractivity contribution in [1.82, 2.24) is 9.13 Å². The van der Waals surface area contributed by atoms with Crippen LogP contribution in [0.5, 0.6) is 23.0 Å². The number of nitrogens with zero attached hydrogens (tertiary/aromatic N) is 2. The summed E-state index contributed by atoms with van der Waals surface area (Å²) in [5, 5.41) is 9.31. The Morgan fingerprint density at radius 3 is 1.41 bits per heavy atom. The highest BCUT2D eigenvalue weighted by atomic mass is 32.2. The monoisotopic (exact) mass is 918 g/mol. The maximum atomic E-state index is 14.7. The van der Waals surface area contributed by atoms with Gasteiger partial charge in [0.2, 0.25) is 22.5 Å². The molecule has 4 heterocycles. The molecule has 0 amide bonds. The number of hydrogen-bond acceptors (Lipinski definition) is 11. The van der Waals surface area contributed by atoms with E-state index in [-0.39, 0.29) is 67.4 Å². The highest BCUT2D eigenvalue weighted by Crippen LogP contribution is 2.48. The van der Waals surface area contributed by atoms with Crippen LogP contribution >= 0.6 is 0 Å². The van der Waals surface area contributed by atoms with Gasteiger partial charge in [0.1, 0.15) is 32.0 Å². The zero-order valence-corrected chi connectivity index (χ0v) is 33.5. The van der Waals surface area contributed by atoms with Gasteiger partial charge < -0.3 is 28.5 Å². The number of carboxylic acid groups (broad SMARTS) is 1. The first-order valence-corrected chi connectivity index (χ1v) is 21.1. The minimum Gasteiger partial charge on any atom is -0.477 e. The highest BCUT2D eigenvalue weighted by Gasteiger charge is 2.34. The van der Waals surface area contributed by atoms with Gasteiger partial charge in [-0.25, -0.2) is 18.4 Å². The number of carbonyl (C=O) groups is 2. The maximum absolute atomic E-state index is 14.7. The van der Waals surface area contributed by atoms with Crippen LogP contribution in [-0.4, -0.2) is 58.7 Å². The summed E-state index contributed by atoms with van der Waals surface area (Å²) in [5.74, 6) is -10.2. The van der Waals surface area contributed by atoms with E-state index in [0.717, 1.165) is 29.1 Å². The first kappa shape index (κ1) is 41.7. The fraction of sp³-hybridized carbons (Fsp3) is 0.0476. The third-order valence-electron chi connectivity index (χ3n) is 10.4. The predicted molar refractivity (Wildman–Crippen MR) is 217 cm³/mol. The van der Waals surface area contributed by atoms with Crippen LogP contribution < -0.4 is 20.3 Å². The normalized spacial score (nSPS) is 12.5. The molecule has 0 atom stereocenters. The lowest BCUT2D eigenvalue weighted by molar-refractivity contribution is 0.0523. The summed E-state index contributed by atoms with van der Waals surface area (Å²) < 4.78 is 143. The van der Waals surface area contributed by atoms with Gasteiger partial charge in [-0.3, -0.25) is 18.7 Å². The van der Waals surface area contributed by atoms with Crippen molar-refractivity contribution >= 4 is 75.5 Å². The average molecular weight is 919 g/mol. The number of benzene rings is 6. The lowest BCUT2D eigenvalue weighted by Crippen LogP contribution is -2.23. The van der Waals surface area contributed by atoms with Crippen molar-refractivity contribution in [3.63, 3.8) is 0 Å². The Hall–Kier alpha value is -7.66. The van der Waals surface area contributed by atoms with Gasteiger partial charge in [-0.15, -0.1) is 0 Å². The van der Waals surface area contributed by atoms with E-state index < -0.39 is 104 Å². The number of aromatic nitrogens is 2. The van der Waals surface area contributed by atoms with Gasteiger partial charge in [0.05, 0.1) is 28.8 Å². The summed E-state index contributed by atoms with van der Waals surface area (Å²) in [6.07, 6.45) is 2.05. The zero-order chi connectivity index (χ0) is 45.9. The lowest BCUT2D eigenvalue weighted by atomic mass is 10.0. The second-order valence-electron chi connectivity index (χ2n) is 14.0. The molecule has 3 N–H and O–H groups in total. The Bertz CT molecular complexity index is 3850. The number of esters is 1. The summed E-state index contributed by atoms with van der Waals surface area (Å²) >= 11 is 0. The molecular formula is C42H22F4N2O14S2. The second-order valence-corrected chi connectivity index (χ2v) is 16.8. The van der Waals surface area contributed by atoms with Crippen LogP contribution in [0.3, 0.4) is 0 Å². The van der Waals surface area contributed by atoms with Crippen LogP contribution in [0.1, 0.15) is 27.6 Å². The summed E-state index contributed by atoms with van der Waals surface area (Å²) in [5.41, 5.74) is -3.18. The van der Waals surface area contributed by atoms with Crippen molar-refractivity contribution in [2.45, 2.75) is 16.7 Å². The molecule has 0 saturated heterocycles.